The molecule has 1 heterocycles. The summed E-state index contributed by atoms with van der Waals surface area (Å²) < 4.78 is 5.00. The lowest BCUT2D eigenvalue weighted by Gasteiger charge is -2.14. The van der Waals surface area contributed by atoms with Crippen molar-refractivity contribution in [2.75, 3.05) is 7.11 Å². The second-order valence-corrected chi connectivity index (χ2v) is 4.57. The number of ether oxygens (including phenoxy) is 1. The van der Waals surface area contributed by atoms with Gasteiger partial charge in [-0.3, -0.25) is 4.79 Å². The van der Waals surface area contributed by atoms with Crippen LogP contribution in [0.2, 0.25) is 0 Å². The molecular formula is C10H14N2O2S2. The Hall–Kier alpha value is -1.14. The molecule has 0 aliphatic heterocycles. The van der Waals surface area contributed by atoms with Gasteiger partial charge in [-0.25, -0.2) is 0 Å². The third-order valence-electron chi connectivity index (χ3n) is 2.09. The zero-order valence-corrected chi connectivity index (χ0v) is 10.8. The van der Waals surface area contributed by atoms with E-state index in [0.717, 1.165) is 0 Å². The highest BCUT2D eigenvalue weighted by Crippen LogP contribution is 2.20. The average Bonchev–Trinajstić information content (AvgIpc) is 2.73. The number of thiocarbonyl (C=S) groups is 1. The van der Waals surface area contributed by atoms with Gasteiger partial charge in [0, 0.05) is 11.4 Å². The Balaban J connectivity index is 2.67. The van der Waals surface area contributed by atoms with Crippen molar-refractivity contribution >= 4 is 34.5 Å². The second kappa shape index (κ2) is 5.81. The minimum atomic E-state index is -0.254. The summed E-state index contributed by atoms with van der Waals surface area (Å²) in [6, 6.07) is 1.43. The number of amides is 1. The number of rotatable bonds is 5. The lowest BCUT2D eigenvalue weighted by molar-refractivity contribution is 0.0950. The van der Waals surface area contributed by atoms with E-state index in [9.17, 15) is 4.79 Å². The van der Waals surface area contributed by atoms with Crippen LogP contribution in [0.4, 0.5) is 0 Å². The van der Waals surface area contributed by atoms with Crippen LogP contribution in [-0.2, 0) is 0 Å². The summed E-state index contributed by atoms with van der Waals surface area (Å²) in [5.74, 6) is 0.506. The maximum atomic E-state index is 11.8. The van der Waals surface area contributed by atoms with Crippen molar-refractivity contribution < 1.29 is 9.53 Å². The molecule has 0 saturated carbocycles. The smallest absolute Gasteiger partial charge is 0.262 e. The minimum Gasteiger partial charge on any atom is -0.496 e. The standard InChI is InChI=1S/C10H14N2O2S2/c1-3-7(9(11)15)12-10(13)8-4-6(14-2)5-16-8/h4-5,7H,3H2,1-2H3,(H2,11,15)(H,12,13). The van der Waals surface area contributed by atoms with Crippen LogP contribution in [-0.4, -0.2) is 24.0 Å². The van der Waals surface area contributed by atoms with Crippen LogP contribution >= 0.6 is 23.6 Å². The van der Waals surface area contributed by atoms with Gasteiger partial charge in [-0.1, -0.05) is 19.1 Å². The number of methoxy groups -OCH3 is 1. The first-order chi connectivity index (χ1) is 7.58. The first-order valence-electron chi connectivity index (χ1n) is 4.81. The van der Waals surface area contributed by atoms with Crippen molar-refractivity contribution in [3.63, 3.8) is 0 Å². The van der Waals surface area contributed by atoms with Crippen LogP contribution < -0.4 is 15.8 Å². The van der Waals surface area contributed by atoms with Crippen molar-refractivity contribution in [3.05, 3.63) is 16.3 Å². The third-order valence-corrected chi connectivity index (χ3v) is 3.28. The summed E-state index contributed by atoms with van der Waals surface area (Å²) in [6.07, 6.45) is 0.684. The van der Waals surface area contributed by atoms with Crippen molar-refractivity contribution in [2.45, 2.75) is 19.4 Å². The second-order valence-electron chi connectivity index (χ2n) is 3.19. The Morgan fingerprint density at radius 3 is 2.88 bits per heavy atom. The fourth-order valence-corrected chi connectivity index (χ4v) is 2.13. The lowest BCUT2D eigenvalue weighted by atomic mass is 10.2. The van der Waals surface area contributed by atoms with Crippen molar-refractivity contribution in [1.29, 1.82) is 0 Å². The molecule has 0 aliphatic carbocycles. The van der Waals surface area contributed by atoms with E-state index >= 15 is 0 Å². The maximum Gasteiger partial charge on any atom is 0.262 e. The average molecular weight is 258 g/mol. The van der Waals surface area contributed by atoms with Gasteiger partial charge in [0.05, 0.1) is 23.0 Å². The Bertz CT molecular complexity index is 390. The highest BCUT2D eigenvalue weighted by molar-refractivity contribution is 7.80. The van der Waals surface area contributed by atoms with Gasteiger partial charge in [-0.05, 0) is 6.42 Å². The fraction of sp³-hybridized carbons (Fsp3) is 0.400. The summed E-state index contributed by atoms with van der Waals surface area (Å²) in [4.78, 5) is 12.7. The molecule has 1 aromatic rings. The van der Waals surface area contributed by atoms with E-state index in [1.54, 1.807) is 18.6 Å². The molecule has 0 fully saturated rings. The van der Waals surface area contributed by atoms with E-state index in [0.29, 0.717) is 22.0 Å². The third kappa shape index (κ3) is 3.18. The summed E-state index contributed by atoms with van der Waals surface area (Å²) in [5, 5.41) is 4.54. The van der Waals surface area contributed by atoms with E-state index < -0.39 is 0 Å². The fourth-order valence-electron chi connectivity index (χ4n) is 1.15. The largest absolute Gasteiger partial charge is 0.496 e. The molecule has 1 rings (SSSR count). The highest BCUT2D eigenvalue weighted by Gasteiger charge is 2.15. The Morgan fingerprint density at radius 2 is 2.44 bits per heavy atom. The van der Waals surface area contributed by atoms with Gasteiger partial charge in [-0.15, -0.1) is 11.3 Å². The number of carbonyl (C=O) groups excluding carboxylic acids is 1. The molecule has 4 nitrogen and oxygen atoms in total. The van der Waals surface area contributed by atoms with Crippen molar-refractivity contribution in [1.82, 2.24) is 5.32 Å². The monoisotopic (exact) mass is 258 g/mol. The molecule has 1 aromatic heterocycles. The van der Waals surface area contributed by atoms with Gasteiger partial charge < -0.3 is 15.8 Å². The van der Waals surface area contributed by atoms with Crippen LogP contribution in [0.5, 0.6) is 5.75 Å². The van der Waals surface area contributed by atoms with Crippen LogP contribution in [0.1, 0.15) is 23.0 Å². The molecule has 0 radical (unpaired) electrons. The van der Waals surface area contributed by atoms with E-state index in [2.05, 4.69) is 5.32 Å². The predicted octanol–water partition coefficient (Wildman–Crippen LogP) is 1.55. The molecule has 1 atom stereocenters. The quantitative estimate of drug-likeness (QED) is 0.787. The summed E-state index contributed by atoms with van der Waals surface area (Å²) in [5.41, 5.74) is 5.50. The van der Waals surface area contributed by atoms with Gasteiger partial charge >= 0.3 is 0 Å². The predicted molar refractivity (Wildman–Crippen MR) is 69.2 cm³/mol. The maximum absolute atomic E-state index is 11.8. The van der Waals surface area contributed by atoms with Gasteiger partial charge in [-0.2, -0.15) is 0 Å². The van der Waals surface area contributed by atoms with Crippen LogP contribution in [0.25, 0.3) is 0 Å². The molecule has 16 heavy (non-hydrogen) atoms. The number of hydrogen-bond acceptors (Lipinski definition) is 4. The van der Waals surface area contributed by atoms with E-state index in [1.165, 1.54) is 11.3 Å². The number of carbonyl (C=O) groups is 1. The highest BCUT2D eigenvalue weighted by atomic mass is 32.1. The minimum absolute atomic E-state index is 0.173. The first kappa shape index (κ1) is 12.9. The molecule has 0 aromatic carbocycles. The van der Waals surface area contributed by atoms with E-state index in [1.807, 2.05) is 6.92 Å². The zero-order valence-electron chi connectivity index (χ0n) is 9.15. The van der Waals surface area contributed by atoms with Gasteiger partial charge in [0.1, 0.15) is 5.75 Å². The van der Waals surface area contributed by atoms with Crippen LogP contribution in [0.3, 0.4) is 0 Å². The molecule has 1 unspecified atom stereocenters. The molecule has 1 amide bonds. The Kier molecular flexibility index (Phi) is 4.70. The molecule has 0 saturated heterocycles. The van der Waals surface area contributed by atoms with Crippen LogP contribution in [0.15, 0.2) is 11.4 Å². The first-order valence-corrected chi connectivity index (χ1v) is 6.10. The number of nitrogens with one attached hydrogen (secondary N) is 1. The number of nitrogens with two attached hydrogens (primary N) is 1. The van der Waals surface area contributed by atoms with Gasteiger partial charge in [0.15, 0.2) is 0 Å². The molecule has 0 aliphatic rings. The normalized spacial score (nSPS) is 11.9. The Labute approximate surface area is 104 Å². The van der Waals surface area contributed by atoms with Gasteiger partial charge in [0.25, 0.3) is 5.91 Å². The SMILES string of the molecule is CCC(NC(=O)c1cc(OC)cs1)C(N)=S. The van der Waals surface area contributed by atoms with Crippen molar-refractivity contribution in [3.8, 4) is 5.75 Å². The topological polar surface area (TPSA) is 64.3 Å². The molecule has 0 bridgehead atoms. The zero-order chi connectivity index (χ0) is 12.1. The molecule has 0 spiro atoms. The number of thiophene rings is 1. The molecule has 6 heteroatoms. The summed E-state index contributed by atoms with van der Waals surface area (Å²) in [7, 11) is 1.56. The lowest BCUT2D eigenvalue weighted by Crippen LogP contribution is -2.42. The van der Waals surface area contributed by atoms with Crippen LogP contribution in [0, 0.1) is 0 Å². The summed E-state index contributed by atoms with van der Waals surface area (Å²) in [6.45, 7) is 1.92. The van der Waals surface area contributed by atoms with Crippen molar-refractivity contribution in [2.24, 2.45) is 5.73 Å². The molecular weight excluding hydrogens is 244 g/mol. The summed E-state index contributed by atoms with van der Waals surface area (Å²) >= 11 is 6.18. The molecule has 3 N–H and O–H groups in total. The van der Waals surface area contributed by atoms with E-state index in [4.69, 9.17) is 22.7 Å². The number of hydrogen-bond donors (Lipinski definition) is 2. The van der Waals surface area contributed by atoms with Gasteiger partial charge in [0.2, 0.25) is 0 Å². The molecule has 88 valence electrons. The van der Waals surface area contributed by atoms with E-state index in [-0.39, 0.29) is 11.9 Å². The Morgan fingerprint density at radius 1 is 1.75 bits per heavy atom.